The maximum atomic E-state index is 12.0. The molecule has 2 saturated carbocycles. The number of Topliss-reactive ketones (excluding diaryl/α,β-unsaturated/α-hetero) is 1. The quantitative estimate of drug-likeness (QED) is 0.666. The summed E-state index contributed by atoms with van der Waals surface area (Å²) in [4.78, 5) is 16.9. The minimum atomic E-state index is 0.202. The smallest absolute Gasteiger partial charge is 0.143 e. The molecule has 2 heteroatoms. The summed E-state index contributed by atoms with van der Waals surface area (Å²) in [6, 6.07) is 0.337. The van der Waals surface area contributed by atoms with Gasteiger partial charge in [-0.1, -0.05) is 26.2 Å². The van der Waals surface area contributed by atoms with Crippen LogP contribution in [-0.4, -0.2) is 17.5 Å². The number of rotatable bonds is 1. The molecule has 0 radical (unpaired) electrons. The van der Waals surface area contributed by atoms with Crippen molar-refractivity contribution < 1.29 is 4.79 Å². The van der Waals surface area contributed by atoms with Gasteiger partial charge in [0.2, 0.25) is 0 Å². The third-order valence-corrected chi connectivity index (χ3v) is 4.67. The molecule has 0 aromatic carbocycles. The predicted octanol–water partition coefficient (Wildman–Crippen LogP) is 3.01. The predicted molar refractivity (Wildman–Crippen MR) is 64.7 cm³/mol. The van der Waals surface area contributed by atoms with Crippen LogP contribution >= 0.6 is 0 Å². The summed E-state index contributed by atoms with van der Waals surface area (Å²) >= 11 is 0. The Hall–Kier alpha value is -0.660. The first kappa shape index (κ1) is 10.5. The van der Waals surface area contributed by atoms with E-state index in [1.165, 1.54) is 37.8 Å². The van der Waals surface area contributed by atoms with E-state index >= 15 is 0 Å². The van der Waals surface area contributed by atoms with Crippen molar-refractivity contribution >= 4 is 11.5 Å². The fraction of sp³-hybridized carbons (Fsp3) is 0.857. The highest BCUT2D eigenvalue weighted by molar-refractivity contribution is 6.09. The molecule has 0 aromatic rings. The summed E-state index contributed by atoms with van der Waals surface area (Å²) in [5.41, 5.74) is 1.31. The summed E-state index contributed by atoms with van der Waals surface area (Å²) in [5, 5.41) is 0. The minimum Gasteiger partial charge on any atom is -0.299 e. The van der Waals surface area contributed by atoms with Crippen molar-refractivity contribution in [2.45, 2.75) is 57.9 Å². The number of ketones is 1. The summed E-state index contributed by atoms with van der Waals surface area (Å²) < 4.78 is 0. The topological polar surface area (TPSA) is 29.4 Å². The molecule has 2 nitrogen and oxygen atoms in total. The lowest BCUT2D eigenvalue weighted by Crippen LogP contribution is -2.47. The van der Waals surface area contributed by atoms with Gasteiger partial charge in [-0.25, -0.2) is 0 Å². The largest absolute Gasteiger partial charge is 0.299 e. The Morgan fingerprint density at radius 1 is 1.19 bits per heavy atom. The molecule has 3 atom stereocenters. The molecular formula is C14H21NO. The highest BCUT2D eigenvalue weighted by Gasteiger charge is 2.44. The molecule has 0 aromatic heterocycles. The Morgan fingerprint density at radius 2 is 1.94 bits per heavy atom. The van der Waals surface area contributed by atoms with Crippen molar-refractivity contribution in [2.24, 2.45) is 22.7 Å². The fourth-order valence-electron chi connectivity index (χ4n) is 3.93. The number of carbonyl (C=O) groups excluding carboxylic acids is 1. The van der Waals surface area contributed by atoms with Crippen LogP contribution in [0.1, 0.15) is 51.9 Å². The molecule has 4 aliphatic rings. The van der Waals surface area contributed by atoms with Crippen molar-refractivity contribution in [2.75, 3.05) is 0 Å². The second kappa shape index (κ2) is 3.97. The Labute approximate surface area is 97.5 Å². The van der Waals surface area contributed by atoms with Gasteiger partial charge in [0.05, 0.1) is 12.0 Å². The van der Waals surface area contributed by atoms with Gasteiger partial charge in [-0.2, -0.15) is 0 Å². The molecule has 0 unspecified atom stereocenters. The molecule has 2 heterocycles. The van der Waals surface area contributed by atoms with E-state index < -0.39 is 0 Å². The molecule has 4 rings (SSSR count). The zero-order valence-electron chi connectivity index (χ0n) is 10.1. The van der Waals surface area contributed by atoms with Gasteiger partial charge >= 0.3 is 0 Å². The van der Waals surface area contributed by atoms with Crippen molar-refractivity contribution in [3.05, 3.63) is 0 Å². The van der Waals surface area contributed by atoms with E-state index in [1.807, 2.05) is 0 Å². The number of hydrogen-bond donors (Lipinski definition) is 0. The maximum absolute atomic E-state index is 12.0. The van der Waals surface area contributed by atoms with E-state index in [0.29, 0.717) is 23.7 Å². The molecule has 0 saturated heterocycles. The van der Waals surface area contributed by atoms with E-state index in [-0.39, 0.29) is 5.92 Å². The first-order valence-corrected chi connectivity index (χ1v) is 6.86. The molecule has 16 heavy (non-hydrogen) atoms. The van der Waals surface area contributed by atoms with Gasteiger partial charge in [0.1, 0.15) is 5.78 Å². The lowest BCUT2D eigenvalue weighted by molar-refractivity contribution is -0.125. The summed E-state index contributed by atoms with van der Waals surface area (Å²) in [6.07, 6.45) is 8.48. The van der Waals surface area contributed by atoms with E-state index in [1.54, 1.807) is 0 Å². The molecular weight excluding hydrogens is 198 g/mol. The Balaban J connectivity index is 1.86. The number of nitrogens with zero attached hydrogens (tertiary/aromatic N) is 1. The minimum absolute atomic E-state index is 0.202. The van der Waals surface area contributed by atoms with Crippen molar-refractivity contribution in [1.82, 2.24) is 0 Å². The number of hydrogen-bond acceptors (Lipinski definition) is 2. The number of fused-ring (bicyclic) bond motifs is 2. The van der Waals surface area contributed by atoms with Gasteiger partial charge in [-0.15, -0.1) is 0 Å². The SMILES string of the molecule is C[C@H]1C[C@H]2CC(=O)[C@@H]1C(C1CCCCC1)=N2. The summed E-state index contributed by atoms with van der Waals surface area (Å²) in [5.74, 6) is 1.89. The monoisotopic (exact) mass is 219 g/mol. The summed E-state index contributed by atoms with van der Waals surface area (Å²) in [6.45, 7) is 2.24. The average molecular weight is 219 g/mol. The molecule has 2 aliphatic heterocycles. The third kappa shape index (κ3) is 1.63. The molecule has 2 bridgehead atoms. The Bertz CT molecular complexity index is 328. The average Bonchev–Trinajstić information content (AvgIpc) is 2.29. The van der Waals surface area contributed by atoms with Gasteiger partial charge in [0, 0.05) is 12.1 Å². The van der Waals surface area contributed by atoms with Gasteiger partial charge in [0.25, 0.3) is 0 Å². The first-order valence-electron chi connectivity index (χ1n) is 6.86. The van der Waals surface area contributed by atoms with Crippen LogP contribution in [0.2, 0.25) is 0 Å². The van der Waals surface area contributed by atoms with Crippen LogP contribution in [0.4, 0.5) is 0 Å². The lowest BCUT2D eigenvalue weighted by Gasteiger charge is -2.41. The van der Waals surface area contributed by atoms with Gasteiger partial charge in [-0.3, -0.25) is 9.79 Å². The molecule has 0 spiro atoms. The zero-order chi connectivity index (χ0) is 11.1. The molecule has 0 N–H and O–H groups in total. The van der Waals surface area contributed by atoms with Crippen LogP contribution in [0.5, 0.6) is 0 Å². The molecule has 2 aliphatic carbocycles. The third-order valence-electron chi connectivity index (χ3n) is 4.67. The van der Waals surface area contributed by atoms with E-state index in [9.17, 15) is 4.79 Å². The van der Waals surface area contributed by atoms with E-state index in [2.05, 4.69) is 6.92 Å². The van der Waals surface area contributed by atoms with Crippen LogP contribution in [0, 0.1) is 17.8 Å². The van der Waals surface area contributed by atoms with Crippen LogP contribution in [0.15, 0.2) is 4.99 Å². The van der Waals surface area contributed by atoms with Crippen LogP contribution in [0.3, 0.4) is 0 Å². The van der Waals surface area contributed by atoms with Crippen LogP contribution in [0.25, 0.3) is 0 Å². The Morgan fingerprint density at radius 3 is 2.56 bits per heavy atom. The van der Waals surface area contributed by atoms with Crippen LogP contribution in [-0.2, 0) is 4.79 Å². The molecule has 88 valence electrons. The van der Waals surface area contributed by atoms with Gasteiger partial charge in [-0.05, 0) is 31.1 Å². The zero-order valence-corrected chi connectivity index (χ0v) is 10.1. The number of aliphatic imine (C=N–C) groups is 1. The Kier molecular flexibility index (Phi) is 2.61. The second-order valence-electron chi connectivity index (χ2n) is 5.90. The van der Waals surface area contributed by atoms with E-state index in [4.69, 9.17) is 4.99 Å². The van der Waals surface area contributed by atoms with Gasteiger partial charge < -0.3 is 0 Å². The lowest BCUT2D eigenvalue weighted by atomic mass is 9.67. The standard InChI is InChI=1S/C14H21NO/c1-9-7-11-8-12(16)13(9)14(15-11)10-5-3-2-4-6-10/h9-11,13H,2-8H2,1H3/t9-,11-,13+/m0/s1. The summed E-state index contributed by atoms with van der Waals surface area (Å²) in [7, 11) is 0. The highest BCUT2D eigenvalue weighted by atomic mass is 16.1. The van der Waals surface area contributed by atoms with Crippen molar-refractivity contribution in [3.8, 4) is 0 Å². The van der Waals surface area contributed by atoms with Crippen LogP contribution < -0.4 is 0 Å². The highest BCUT2D eigenvalue weighted by Crippen LogP contribution is 2.40. The second-order valence-corrected chi connectivity index (χ2v) is 5.90. The van der Waals surface area contributed by atoms with E-state index in [0.717, 1.165) is 12.8 Å². The molecule has 2 fully saturated rings. The normalized spacial score (nSPS) is 39.9. The maximum Gasteiger partial charge on any atom is 0.143 e. The molecule has 0 amide bonds. The van der Waals surface area contributed by atoms with Crippen molar-refractivity contribution in [3.63, 3.8) is 0 Å². The fourth-order valence-corrected chi connectivity index (χ4v) is 3.93. The first-order chi connectivity index (χ1) is 7.75. The number of carbonyl (C=O) groups is 1. The van der Waals surface area contributed by atoms with Gasteiger partial charge in [0.15, 0.2) is 0 Å². The van der Waals surface area contributed by atoms with Crippen molar-refractivity contribution in [1.29, 1.82) is 0 Å².